The molecule has 0 spiro atoms. The van der Waals surface area contributed by atoms with Gasteiger partial charge in [-0.2, -0.15) is 0 Å². The lowest BCUT2D eigenvalue weighted by molar-refractivity contribution is 1.02. The van der Waals surface area contributed by atoms with Gasteiger partial charge < -0.3 is 4.98 Å². The van der Waals surface area contributed by atoms with Gasteiger partial charge in [0.2, 0.25) is 0 Å². The number of nitrogens with zero attached hydrogens (tertiary/aromatic N) is 2. The molecule has 0 radical (unpaired) electrons. The van der Waals surface area contributed by atoms with Crippen molar-refractivity contribution in [3.05, 3.63) is 46.0 Å². The predicted octanol–water partition coefficient (Wildman–Crippen LogP) is 2.13. The summed E-state index contributed by atoms with van der Waals surface area (Å²) < 4.78 is 0. The number of alkyl halides is 1. The van der Waals surface area contributed by atoms with Crippen LogP contribution in [0.3, 0.4) is 0 Å². The second-order valence-corrected chi connectivity index (χ2v) is 3.85. The largest absolute Gasteiger partial charge is 0.305 e. The minimum absolute atomic E-state index is 0.210. The van der Waals surface area contributed by atoms with Crippen LogP contribution in [-0.2, 0) is 12.3 Å². The molecule has 0 aliphatic carbocycles. The molecule has 0 bridgehead atoms. The monoisotopic (exact) mass is 249 g/mol. The Labute approximate surface area is 104 Å². The molecule has 0 aromatic carbocycles. The molecule has 0 saturated carbocycles. The lowest BCUT2D eigenvalue weighted by atomic mass is 10.1. The maximum atomic E-state index is 11.5. The second-order valence-electron chi connectivity index (χ2n) is 3.58. The number of pyridine rings is 1. The molecule has 5 heteroatoms. The molecule has 2 aromatic heterocycles. The van der Waals surface area contributed by atoms with Gasteiger partial charge >= 0.3 is 0 Å². The Morgan fingerprint density at radius 3 is 3.00 bits per heavy atom. The highest BCUT2D eigenvalue weighted by atomic mass is 35.5. The Bertz CT molecular complexity index is 580. The summed E-state index contributed by atoms with van der Waals surface area (Å²) in [6, 6.07) is 5.23. The summed E-state index contributed by atoms with van der Waals surface area (Å²) in [5.74, 6) is 0.691. The molecule has 0 fully saturated rings. The molecule has 1 N–H and O–H groups in total. The van der Waals surface area contributed by atoms with E-state index in [1.807, 2.05) is 19.1 Å². The molecule has 0 amide bonds. The lowest BCUT2D eigenvalue weighted by Crippen LogP contribution is -2.11. The number of nitrogens with one attached hydrogen (secondary N) is 1. The number of hydrogen-bond donors (Lipinski definition) is 1. The first-order valence-electron chi connectivity index (χ1n) is 5.35. The zero-order valence-corrected chi connectivity index (χ0v) is 10.2. The van der Waals surface area contributed by atoms with E-state index in [4.69, 9.17) is 11.6 Å². The molecule has 0 aliphatic heterocycles. The van der Waals surface area contributed by atoms with Gasteiger partial charge in [0.25, 0.3) is 5.56 Å². The third-order valence-corrected chi connectivity index (χ3v) is 2.70. The number of hydrogen-bond acceptors (Lipinski definition) is 3. The highest BCUT2D eigenvalue weighted by molar-refractivity contribution is 6.16. The first-order valence-corrected chi connectivity index (χ1v) is 5.88. The number of aryl methyl sites for hydroxylation is 1. The van der Waals surface area contributed by atoms with Crippen LogP contribution in [0.4, 0.5) is 0 Å². The van der Waals surface area contributed by atoms with E-state index in [0.29, 0.717) is 17.2 Å². The molecular formula is C12H12ClN3O. The molecule has 2 aromatic rings. The molecule has 0 unspecified atom stereocenters. The van der Waals surface area contributed by atoms with Crippen LogP contribution in [0, 0.1) is 0 Å². The van der Waals surface area contributed by atoms with Crippen molar-refractivity contribution >= 4 is 11.6 Å². The highest BCUT2D eigenvalue weighted by Gasteiger charge is 2.08. The van der Waals surface area contributed by atoms with Gasteiger partial charge in [0, 0.05) is 12.3 Å². The summed E-state index contributed by atoms with van der Waals surface area (Å²) in [5, 5.41) is 0. The van der Waals surface area contributed by atoms with Crippen LogP contribution in [0.15, 0.2) is 29.2 Å². The third kappa shape index (κ3) is 2.53. The van der Waals surface area contributed by atoms with Crippen molar-refractivity contribution < 1.29 is 0 Å². The smallest absolute Gasteiger partial charge is 0.251 e. The zero-order chi connectivity index (χ0) is 12.3. The molecule has 2 heterocycles. The summed E-state index contributed by atoms with van der Waals surface area (Å²) in [6.45, 7) is 2.03. The van der Waals surface area contributed by atoms with Crippen LogP contribution in [-0.4, -0.2) is 15.0 Å². The van der Waals surface area contributed by atoms with Crippen molar-refractivity contribution in [1.29, 1.82) is 0 Å². The van der Waals surface area contributed by atoms with E-state index in [1.54, 1.807) is 6.20 Å². The topological polar surface area (TPSA) is 58.6 Å². The minimum atomic E-state index is -0.210. The van der Waals surface area contributed by atoms with E-state index in [1.165, 1.54) is 6.07 Å². The number of halogens is 1. The van der Waals surface area contributed by atoms with Gasteiger partial charge in [0.15, 0.2) is 5.82 Å². The van der Waals surface area contributed by atoms with Crippen molar-refractivity contribution in [2.45, 2.75) is 19.2 Å². The third-order valence-electron chi connectivity index (χ3n) is 2.43. The van der Waals surface area contributed by atoms with Gasteiger partial charge in [-0.05, 0) is 18.1 Å². The van der Waals surface area contributed by atoms with Crippen LogP contribution in [0.2, 0.25) is 0 Å². The van der Waals surface area contributed by atoms with Crippen molar-refractivity contribution in [3.8, 4) is 11.5 Å². The maximum absolute atomic E-state index is 11.5. The van der Waals surface area contributed by atoms with Crippen molar-refractivity contribution in [2.75, 3.05) is 0 Å². The Hall–Kier alpha value is -1.68. The molecule has 0 aliphatic rings. The molecule has 88 valence electrons. The summed E-state index contributed by atoms with van der Waals surface area (Å²) in [5.41, 5.74) is 2.10. The first kappa shape index (κ1) is 11.8. The molecule has 0 atom stereocenters. The molecule has 0 saturated heterocycles. The second kappa shape index (κ2) is 5.10. The maximum Gasteiger partial charge on any atom is 0.251 e. The normalized spacial score (nSPS) is 10.5. The number of rotatable bonds is 3. The van der Waals surface area contributed by atoms with Crippen LogP contribution >= 0.6 is 11.6 Å². The Morgan fingerprint density at radius 2 is 2.29 bits per heavy atom. The zero-order valence-electron chi connectivity index (χ0n) is 9.40. The van der Waals surface area contributed by atoms with Crippen molar-refractivity contribution in [3.63, 3.8) is 0 Å². The van der Waals surface area contributed by atoms with E-state index < -0.39 is 0 Å². The van der Waals surface area contributed by atoms with Gasteiger partial charge in [-0.1, -0.05) is 13.0 Å². The predicted molar refractivity (Wildman–Crippen MR) is 67.0 cm³/mol. The van der Waals surface area contributed by atoms with Crippen LogP contribution in [0.25, 0.3) is 11.5 Å². The summed E-state index contributed by atoms with van der Waals surface area (Å²) in [6.07, 6.45) is 2.51. The molecule has 17 heavy (non-hydrogen) atoms. The Kier molecular flexibility index (Phi) is 3.54. The van der Waals surface area contributed by atoms with Crippen LogP contribution in [0.1, 0.15) is 18.2 Å². The van der Waals surface area contributed by atoms with Crippen molar-refractivity contribution in [1.82, 2.24) is 15.0 Å². The fraction of sp³-hybridized carbons (Fsp3) is 0.250. The van der Waals surface area contributed by atoms with Gasteiger partial charge in [-0.3, -0.25) is 9.78 Å². The van der Waals surface area contributed by atoms with Gasteiger partial charge in [-0.15, -0.1) is 11.6 Å². The summed E-state index contributed by atoms with van der Waals surface area (Å²) in [7, 11) is 0. The van der Waals surface area contributed by atoms with E-state index in [-0.39, 0.29) is 11.4 Å². The Morgan fingerprint density at radius 1 is 1.47 bits per heavy atom. The van der Waals surface area contributed by atoms with Crippen molar-refractivity contribution in [2.24, 2.45) is 0 Å². The Balaban J connectivity index is 2.59. The van der Waals surface area contributed by atoms with Gasteiger partial charge in [0.05, 0.1) is 11.6 Å². The quantitative estimate of drug-likeness (QED) is 0.848. The highest BCUT2D eigenvalue weighted by Crippen LogP contribution is 2.17. The fourth-order valence-electron chi connectivity index (χ4n) is 1.63. The average Bonchev–Trinajstić information content (AvgIpc) is 2.37. The molecular weight excluding hydrogens is 238 g/mol. The minimum Gasteiger partial charge on any atom is -0.305 e. The SMILES string of the molecule is CCc1cccnc1-c1nc(CCl)cc(=O)[nH]1. The fourth-order valence-corrected chi connectivity index (χ4v) is 1.76. The van der Waals surface area contributed by atoms with Crippen LogP contribution < -0.4 is 5.56 Å². The van der Waals surface area contributed by atoms with E-state index >= 15 is 0 Å². The lowest BCUT2D eigenvalue weighted by Gasteiger charge is -2.06. The molecule has 4 nitrogen and oxygen atoms in total. The standard InChI is InChI=1S/C12H12ClN3O/c1-2-8-4-3-5-14-11(8)12-15-9(7-13)6-10(17)16-12/h3-6H,2,7H2,1H3,(H,15,16,17). The summed E-state index contributed by atoms with van der Waals surface area (Å²) in [4.78, 5) is 22.7. The number of aromatic nitrogens is 3. The number of aromatic amines is 1. The first-order chi connectivity index (χ1) is 8.24. The average molecular weight is 250 g/mol. The van der Waals surface area contributed by atoms with E-state index in [0.717, 1.165) is 12.0 Å². The summed E-state index contributed by atoms with van der Waals surface area (Å²) >= 11 is 5.70. The van der Waals surface area contributed by atoms with Gasteiger partial charge in [-0.25, -0.2) is 4.98 Å². The van der Waals surface area contributed by atoms with Gasteiger partial charge in [0.1, 0.15) is 5.69 Å². The van der Waals surface area contributed by atoms with Crippen LogP contribution in [0.5, 0.6) is 0 Å². The van der Waals surface area contributed by atoms with E-state index in [2.05, 4.69) is 15.0 Å². The van der Waals surface area contributed by atoms with E-state index in [9.17, 15) is 4.79 Å². The number of H-pyrrole nitrogens is 1. The molecule has 2 rings (SSSR count).